The van der Waals surface area contributed by atoms with Crippen molar-refractivity contribution in [1.29, 1.82) is 0 Å². The highest BCUT2D eigenvalue weighted by molar-refractivity contribution is 7.08. The predicted molar refractivity (Wildman–Crippen MR) is 216 cm³/mol. The molecule has 0 saturated carbocycles. The van der Waals surface area contributed by atoms with E-state index in [-0.39, 0.29) is 12.4 Å². The van der Waals surface area contributed by atoms with Crippen LogP contribution in [-0.4, -0.2) is 57.4 Å². The van der Waals surface area contributed by atoms with Gasteiger partial charge in [-0.2, -0.15) is 45.3 Å². The van der Waals surface area contributed by atoms with Crippen LogP contribution in [0.5, 0.6) is 0 Å². The molecule has 0 unspecified atom stereocenters. The first kappa shape index (κ1) is 50.4. The second-order valence-corrected chi connectivity index (χ2v) is 15.9. The van der Waals surface area contributed by atoms with Gasteiger partial charge in [0.25, 0.3) is 0 Å². The van der Waals surface area contributed by atoms with Gasteiger partial charge in [-0.1, -0.05) is 0 Å². The highest BCUT2D eigenvalue weighted by atomic mass is 35.5. The van der Waals surface area contributed by atoms with Crippen LogP contribution in [-0.2, 0) is 28.7 Å². The highest BCUT2D eigenvalue weighted by Gasteiger charge is 2.26. The lowest BCUT2D eigenvalue weighted by atomic mass is 10.1. The summed E-state index contributed by atoms with van der Waals surface area (Å²) < 4.78 is 10.1. The zero-order valence-electron chi connectivity index (χ0n) is 30.7. The van der Waals surface area contributed by atoms with E-state index in [2.05, 4.69) is 10.6 Å². The Hall–Kier alpha value is -4.57. The van der Waals surface area contributed by atoms with Crippen molar-refractivity contribution >= 4 is 93.7 Å². The van der Waals surface area contributed by atoms with Crippen molar-refractivity contribution in [3.8, 4) is 0 Å². The second-order valence-electron chi connectivity index (χ2n) is 12.8. The summed E-state index contributed by atoms with van der Waals surface area (Å²) in [5.74, 6) is -3.21. The minimum atomic E-state index is -1.12. The molecule has 4 rings (SSSR count). The Balaban J connectivity index is 0.000000723. The number of hydrogen-bond acceptors (Lipinski definition) is 14. The largest absolute Gasteiger partial charge is 0.480 e. The first-order chi connectivity index (χ1) is 25.0. The van der Waals surface area contributed by atoms with Crippen LogP contribution in [0.3, 0.4) is 0 Å². The maximum Gasteiger partial charge on any atom is 0.408 e. The number of nitrogens with one attached hydrogen (secondary N) is 2. The van der Waals surface area contributed by atoms with Crippen molar-refractivity contribution in [3.63, 3.8) is 0 Å². The molecule has 4 atom stereocenters. The molecule has 0 aliphatic carbocycles. The van der Waals surface area contributed by atoms with Gasteiger partial charge in [-0.15, -0.1) is 12.4 Å². The van der Waals surface area contributed by atoms with Crippen LogP contribution in [0.25, 0.3) is 0 Å². The number of thiophene rings is 4. The van der Waals surface area contributed by atoms with Gasteiger partial charge in [0.1, 0.15) is 29.3 Å². The molecule has 12 N–H and O–H groups in total. The molecule has 0 spiro atoms. The van der Waals surface area contributed by atoms with E-state index in [0.29, 0.717) is 16.7 Å². The van der Waals surface area contributed by atoms with Crippen molar-refractivity contribution in [3.05, 3.63) is 89.6 Å². The highest BCUT2D eigenvalue weighted by Crippen LogP contribution is 2.19. The van der Waals surface area contributed by atoms with Gasteiger partial charge in [0.2, 0.25) is 11.8 Å². The monoisotopic (exact) mass is 862 g/mol. The second kappa shape index (κ2) is 24.1. The average molecular weight is 864 g/mol. The maximum absolute atomic E-state index is 11.5. The summed E-state index contributed by atoms with van der Waals surface area (Å²) in [6, 6.07) is 3.45. The first-order valence-electron chi connectivity index (χ1n) is 15.6. The molecule has 4 aromatic heterocycles. The van der Waals surface area contributed by atoms with Crippen LogP contribution >= 0.6 is 57.8 Å². The minimum Gasteiger partial charge on any atom is -0.480 e. The Kier molecular flexibility index (Phi) is 22.1. The third kappa shape index (κ3) is 20.6. The van der Waals surface area contributed by atoms with Gasteiger partial charge in [0, 0.05) is 0 Å². The Labute approximate surface area is 340 Å². The molecule has 0 aliphatic heterocycles. The first-order valence-corrected chi connectivity index (χ1v) is 19.4. The molecule has 0 fully saturated rings. The number of carboxylic acids is 2. The average Bonchev–Trinajstić information content (AvgIpc) is 3.89. The zero-order chi connectivity index (χ0) is 41.2. The number of ether oxygens (including phenoxy) is 2. The minimum absolute atomic E-state index is 0. The standard InChI is InChI=1S/C11H16N2O3S.C11H15NO4S.C6H8N2OS.C6H7NO2S.ClH/c1-11(2,3)16-10(15)13-8(9(12)14)7-4-5-17-6-7;1-11(2,3)16-10(15)12-8(9(13)14)7-4-5-17-6-7;2*7-5(6(8)9)4-1-2-10-3-4;/h4-6,8H,1-3H3,(H2,12,14)(H,13,15);4-6,8H,1-3H3,(H,12,15)(H,13,14);1-3,5H,7H2,(H2,8,9);1-3,5H,7H2,(H,8,9);1H/t2*8-;2*5-;/m1111./s1. The lowest BCUT2D eigenvalue weighted by molar-refractivity contribution is -0.140. The predicted octanol–water partition coefficient (Wildman–Crippen LogP) is 5.69. The van der Waals surface area contributed by atoms with Gasteiger partial charge in [-0.05, 0) is 131 Å². The molecule has 0 aromatic carbocycles. The number of carbonyl (C=O) groups excluding carboxylic acids is 4. The van der Waals surface area contributed by atoms with Crippen molar-refractivity contribution in [2.45, 2.75) is 76.9 Å². The molecule has 4 heterocycles. The molecular weight excluding hydrogens is 816 g/mol. The smallest absolute Gasteiger partial charge is 0.408 e. The van der Waals surface area contributed by atoms with E-state index in [0.717, 1.165) is 5.56 Å². The fourth-order valence-electron chi connectivity index (χ4n) is 3.55. The van der Waals surface area contributed by atoms with Crippen molar-refractivity contribution in [2.24, 2.45) is 22.9 Å². The number of alkyl carbamates (subject to hydrolysis) is 2. The molecule has 0 bridgehead atoms. The Morgan fingerprint density at radius 2 is 0.891 bits per heavy atom. The molecule has 0 aliphatic rings. The number of amides is 4. The summed E-state index contributed by atoms with van der Waals surface area (Å²) in [4.78, 5) is 66.1. The number of carboxylic acid groups (broad SMARTS) is 2. The lowest BCUT2D eigenvalue weighted by Gasteiger charge is -2.22. The molecule has 0 radical (unpaired) electrons. The summed E-state index contributed by atoms with van der Waals surface area (Å²) in [6.45, 7) is 10.4. The number of rotatable bonds is 10. The molecule has 0 saturated heterocycles. The Morgan fingerprint density at radius 3 is 1.16 bits per heavy atom. The van der Waals surface area contributed by atoms with Gasteiger partial charge < -0.3 is 53.3 Å². The molecule has 55 heavy (non-hydrogen) atoms. The summed E-state index contributed by atoms with van der Waals surface area (Å²) in [5.41, 5.74) is 22.3. The van der Waals surface area contributed by atoms with Crippen LogP contribution in [0, 0.1) is 0 Å². The Morgan fingerprint density at radius 1 is 0.564 bits per heavy atom. The molecular formula is C34H47ClN6O10S4. The molecule has 16 nitrogen and oxygen atoms in total. The quantitative estimate of drug-likeness (QED) is 0.0955. The van der Waals surface area contributed by atoms with E-state index in [1.54, 1.807) is 92.7 Å². The van der Waals surface area contributed by atoms with Crippen molar-refractivity contribution in [2.75, 3.05) is 0 Å². The zero-order valence-corrected chi connectivity index (χ0v) is 34.8. The van der Waals surface area contributed by atoms with E-state index in [1.165, 1.54) is 45.3 Å². The van der Waals surface area contributed by atoms with Gasteiger partial charge in [0.05, 0.1) is 0 Å². The molecule has 304 valence electrons. The number of nitrogens with two attached hydrogens (primary N) is 4. The van der Waals surface area contributed by atoms with Gasteiger partial charge >= 0.3 is 24.1 Å². The van der Waals surface area contributed by atoms with Crippen LogP contribution < -0.4 is 33.6 Å². The number of aliphatic carboxylic acids is 2. The van der Waals surface area contributed by atoms with Gasteiger partial charge in [0.15, 0.2) is 6.04 Å². The van der Waals surface area contributed by atoms with Crippen LogP contribution in [0.4, 0.5) is 9.59 Å². The topological polar surface area (TPSA) is 289 Å². The third-order valence-corrected chi connectivity index (χ3v) is 8.79. The number of carbonyl (C=O) groups is 6. The summed E-state index contributed by atoms with van der Waals surface area (Å²) in [5, 5.41) is 36.4. The van der Waals surface area contributed by atoms with E-state index < -0.39 is 71.3 Å². The summed E-state index contributed by atoms with van der Waals surface area (Å²) in [7, 11) is 0. The third-order valence-electron chi connectivity index (χ3n) is 5.98. The fourth-order valence-corrected chi connectivity index (χ4v) is 6.31. The van der Waals surface area contributed by atoms with E-state index in [4.69, 9.17) is 42.6 Å². The van der Waals surface area contributed by atoms with Gasteiger partial charge in [-0.25, -0.2) is 14.4 Å². The Bertz CT molecular complexity index is 1610. The molecule has 21 heteroatoms. The maximum atomic E-state index is 11.5. The van der Waals surface area contributed by atoms with Crippen LogP contribution in [0.1, 0.15) is 88.0 Å². The summed E-state index contributed by atoms with van der Waals surface area (Å²) in [6.07, 6.45) is -1.40. The van der Waals surface area contributed by atoms with Gasteiger partial charge in [-0.3, -0.25) is 14.4 Å². The van der Waals surface area contributed by atoms with Crippen LogP contribution in [0.2, 0.25) is 0 Å². The van der Waals surface area contributed by atoms with E-state index in [9.17, 15) is 28.8 Å². The number of primary amides is 2. The van der Waals surface area contributed by atoms with E-state index >= 15 is 0 Å². The van der Waals surface area contributed by atoms with Crippen molar-refractivity contribution in [1.82, 2.24) is 10.6 Å². The summed E-state index contributed by atoms with van der Waals surface area (Å²) >= 11 is 5.74. The molecule has 4 amide bonds. The lowest BCUT2D eigenvalue weighted by Crippen LogP contribution is -2.40. The van der Waals surface area contributed by atoms with Crippen LogP contribution in [0.15, 0.2) is 67.3 Å². The molecule has 4 aromatic rings. The SMILES string of the molecule is CC(C)(C)OC(=O)N[C@@H](C(=O)O)c1ccsc1.CC(C)(C)OC(=O)N[C@@H](C(N)=O)c1ccsc1.Cl.NC(=O)[C@H](N)c1ccsc1.N[C@@H](C(=O)O)c1ccsc1. The van der Waals surface area contributed by atoms with E-state index in [1.807, 2.05) is 16.1 Å². The van der Waals surface area contributed by atoms with Crippen molar-refractivity contribution < 1.29 is 48.5 Å². The number of halogens is 1. The fraction of sp³-hybridized carbons (Fsp3) is 0.353. The number of hydrogen-bond donors (Lipinski definition) is 8. The normalized spacial score (nSPS) is 12.7.